The molecule has 0 aliphatic heterocycles. The first-order chi connectivity index (χ1) is 10.1. The molecule has 3 rings (SSSR count). The summed E-state index contributed by atoms with van der Waals surface area (Å²) in [5.41, 5.74) is 10.6. The van der Waals surface area contributed by atoms with Gasteiger partial charge in [0.05, 0.1) is 5.69 Å². The Morgan fingerprint density at radius 2 is 2.00 bits per heavy atom. The second-order valence-electron chi connectivity index (χ2n) is 5.05. The van der Waals surface area contributed by atoms with Crippen molar-refractivity contribution in [1.29, 1.82) is 0 Å². The number of aromatic nitrogens is 3. The fraction of sp³-hybridized carbons (Fsp3) is 0.188. The van der Waals surface area contributed by atoms with Gasteiger partial charge in [0.25, 0.3) is 5.89 Å². The lowest BCUT2D eigenvalue weighted by Gasteiger charge is -2.02. The monoisotopic (exact) mass is 280 g/mol. The van der Waals surface area contributed by atoms with Crippen LogP contribution in [0, 0.1) is 13.8 Å². The van der Waals surface area contributed by atoms with Crippen LogP contribution >= 0.6 is 0 Å². The van der Waals surface area contributed by atoms with Gasteiger partial charge < -0.3 is 10.3 Å². The first-order valence-corrected chi connectivity index (χ1v) is 6.73. The molecule has 5 heteroatoms. The van der Waals surface area contributed by atoms with E-state index in [2.05, 4.69) is 47.2 Å². The third kappa shape index (κ3) is 2.76. The normalized spacial score (nSPS) is 10.8. The minimum Gasteiger partial charge on any atom is -0.397 e. The van der Waals surface area contributed by atoms with Gasteiger partial charge in [-0.2, -0.15) is 4.98 Å². The summed E-state index contributed by atoms with van der Waals surface area (Å²) in [6, 6.07) is 9.84. The maximum atomic E-state index is 5.86. The third-order valence-electron chi connectivity index (χ3n) is 3.44. The van der Waals surface area contributed by atoms with Gasteiger partial charge in [-0.3, -0.25) is 0 Å². The zero-order chi connectivity index (χ0) is 14.8. The Morgan fingerprint density at radius 1 is 1.14 bits per heavy atom. The Morgan fingerprint density at radius 3 is 2.76 bits per heavy atom. The lowest BCUT2D eigenvalue weighted by molar-refractivity contribution is 0.423. The molecule has 0 saturated heterocycles. The number of benzene rings is 1. The molecule has 3 aromatic rings. The van der Waals surface area contributed by atoms with E-state index in [-0.39, 0.29) is 0 Å². The average molecular weight is 280 g/mol. The molecule has 1 aromatic carbocycles. The molecule has 0 unspecified atom stereocenters. The number of hydrogen-bond donors (Lipinski definition) is 1. The summed E-state index contributed by atoms with van der Waals surface area (Å²) in [6.45, 7) is 4.19. The molecule has 2 heterocycles. The summed E-state index contributed by atoms with van der Waals surface area (Å²) < 4.78 is 5.25. The number of nitrogen functional groups attached to an aromatic ring is 1. The first-order valence-electron chi connectivity index (χ1n) is 6.73. The highest BCUT2D eigenvalue weighted by Crippen LogP contribution is 2.21. The smallest absolute Gasteiger partial charge is 0.278 e. The fourth-order valence-electron chi connectivity index (χ4n) is 2.11. The number of anilines is 1. The third-order valence-corrected chi connectivity index (χ3v) is 3.44. The van der Waals surface area contributed by atoms with E-state index < -0.39 is 0 Å². The lowest BCUT2D eigenvalue weighted by Crippen LogP contribution is -1.94. The number of aryl methyl sites for hydroxylation is 2. The van der Waals surface area contributed by atoms with Crippen LogP contribution in [0.2, 0.25) is 0 Å². The van der Waals surface area contributed by atoms with Crippen LogP contribution in [0.5, 0.6) is 0 Å². The first kappa shape index (κ1) is 13.3. The van der Waals surface area contributed by atoms with Crippen molar-refractivity contribution in [2.24, 2.45) is 0 Å². The van der Waals surface area contributed by atoms with Crippen molar-refractivity contribution in [3.63, 3.8) is 0 Å². The van der Waals surface area contributed by atoms with Gasteiger partial charge in [-0.15, -0.1) is 0 Å². The minimum atomic E-state index is 0.354. The molecule has 21 heavy (non-hydrogen) atoms. The second kappa shape index (κ2) is 5.36. The number of nitrogens with zero attached hydrogens (tertiary/aromatic N) is 3. The highest BCUT2D eigenvalue weighted by Gasteiger charge is 2.13. The maximum absolute atomic E-state index is 5.86. The van der Waals surface area contributed by atoms with E-state index in [1.807, 2.05) is 0 Å². The topological polar surface area (TPSA) is 77.8 Å². The van der Waals surface area contributed by atoms with Gasteiger partial charge in [0.15, 0.2) is 11.5 Å². The Kier molecular flexibility index (Phi) is 3.39. The van der Waals surface area contributed by atoms with Crippen molar-refractivity contribution in [3.05, 3.63) is 59.0 Å². The Labute approximate surface area is 122 Å². The molecule has 0 atom stereocenters. The molecular formula is C16H16N4O. The van der Waals surface area contributed by atoms with Crippen LogP contribution in [0.3, 0.4) is 0 Å². The molecule has 0 radical (unpaired) electrons. The molecule has 5 nitrogen and oxygen atoms in total. The van der Waals surface area contributed by atoms with Gasteiger partial charge in [0.2, 0.25) is 0 Å². The number of hydrogen-bond acceptors (Lipinski definition) is 5. The van der Waals surface area contributed by atoms with Gasteiger partial charge in [0.1, 0.15) is 0 Å². The number of pyridine rings is 1. The van der Waals surface area contributed by atoms with Crippen LogP contribution in [0.25, 0.3) is 11.6 Å². The lowest BCUT2D eigenvalue weighted by atomic mass is 10.0. The standard InChI is InChI=1S/C16H16N4O/c1-10-5-6-12(8-11(10)2)9-14-19-16(21-20-14)15-13(17)4-3-7-18-15/h3-8H,9,17H2,1-2H3. The Hall–Kier alpha value is -2.69. The van der Waals surface area contributed by atoms with E-state index in [0.29, 0.717) is 29.5 Å². The summed E-state index contributed by atoms with van der Waals surface area (Å²) in [7, 11) is 0. The van der Waals surface area contributed by atoms with Crippen molar-refractivity contribution in [1.82, 2.24) is 15.1 Å². The molecular weight excluding hydrogens is 264 g/mol. The number of nitrogens with two attached hydrogens (primary N) is 1. The molecule has 0 saturated carbocycles. The number of rotatable bonds is 3. The molecule has 0 amide bonds. The summed E-state index contributed by atoms with van der Waals surface area (Å²) in [6.07, 6.45) is 2.27. The predicted octanol–water partition coefficient (Wildman–Crippen LogP) is 2.92. The van der Waals surface area contributed by atoms with Gasteiger partial charge in [-0.25, -0.2) is 4.98 Å². The predicted molar refractivity (Wildman–Crippen MR) is 80.7 cm³/mol. The molecule has 2 N–H and O–H groups in total. The van der Waals surface area contributed by atoms with Crippen molar-refractivity contribution < 1.29 is 4.52 Å². The fourth-order valence-corrected chi connectivity index (χ4v) is 2.11. The van der Waals surface area contributed by atoms with Crippen LogP contribution in [0.4, 0.5) is 5.69 Å². The summed E-state index contributed by atoms with van der Waals surface area (Å²) in [5, 5.41) is 4.00. The molecule has 0 aliphatic carbocycles. The average Bonchev–Trinajstić information content (AvgIpc) is 2.92. The van der Waals surface area contributed by atoms with E-state index in [0.717, 1.165) is 5.56 Å². The maximum Gasteiger partial charge on any atom is 0.278 e. The molecule has 0 bridgehead atoms. The highest BCUT2D eigenvalue weighted by molar-refractivity contribution is 5.65. The zero-order valence-corrected chi connectivity index (χ0v) is 12.0. The Balaban J connectivity index is 1.85. The molecule has 2 aromatic heterocycles. The van der Waals surface area contributed by atoms with Gasteiger partial charge in [-0.05, 0) is 42.7 Å². The highest BCUT2D eigenvalue weighted by atomic mass is 16.5. The largest absolute Gasteiger partial charge is 0.397 e. The van der Waals surface area contributed by atoms with Crippen molar-refractivity contribution in [2.45, 2.75) is 20.3 Å². The quantitative estimate of drug-likeness (QED) is 0.798. The van der Waals surface area contributed by atoms with Gasteiger partial charge in [-0.1, -0.05) is 23.4 Å². The van der Waals surface area contributed by atoms with E-state index in [1.54, 1.807) is 18.3 Å². The summed E-state index contributed by atoms with van der Waals surface area (Å²) in [5.74, 6) is 0.977. The van der Waals surface area contributed by atoms with Gasteiger partial charge in [0, 0.05) is 12.6 Å². The van der Waals surface area contributed by atoms with E-state index in [1.165, 1.54) is 11.1 Å². The van der Waals surface area contributed by atoms with Crippen molar-refractivity contribution >= 4 is 5.69 Å². The molecule has 0 spiro atoms. The van der Waals surface area contributed by atoms with Gasteiger partial charge >= 0.3 is 0 Å². The van der Waals surface area contributed by atoms with Crippen LogP contribution in [0.15, 0.2) is 41.1 Å². The van der Waals surface area contributed by atoms with Crippen LogP contribution < -0.4 is 5.73 Å². The summed E-state index contributed by atoms with van der Waals surface area (Å²) in [4.78, 5) is 8.54. The molecule has 106 valence electrons. The van der Waals surface area contributed by atoms with E-state index in [9.17, 15) is 0 Å². The van der Waals surface area contributed by atoms with Crippen molar-refractivity contribution in [3.8, 4) is 11.6 Å². The zero-order valence-electron chi connectivity index (χ0n) is 12.0. The van der Waals surface area contributed by atoms with Crippen molar-refractivity contribution in [2.75, 3.05) is 5.73 Å². The minimum absolute atomic E-state index is 0.354. The SMILES string of the molecule is Cc1ccc(Cc2noc(-c3ncccc3N)n2)cc1C. The summed E-state index contributed by atoms with van der Waals surface area (Å²) >= 11 is 0. The van der Waals surface area contributed by atoms with Crippen LogP contribution in [-0.4, -0.2) is 15.1 Å². The van der Waals surface area contributed by atoms with Crippen LogP contribution in [0.1, 0.15) is 22.5 Å². The second-order valence-corrected chi connectivity index (χ2v) is 5.05. The van der Waals surface area contributed by atoms with Crippen LogP contribution in [-0.2, 0) is 6.42 Å². The molecule has 0 aliphatic rings. The van der Waals surface area contributed by atoms with E-state index in [4.69, 9.17) is 10.3 Å². The van der Waals surface area contributed by atoms with E-state index >= 15 is 0 Å². The molecule has 0 fully saturated rings. The Bertz CT molecular complexity index is 779.